The van der Waals surface area contributed by atoms with Crippen LogP contribution in [0.1, 0.15) is 42.1 Å². The van der Waals surface area contributed by atoms with Gasteiger partial charge in [0.15, 0.2) is 0 Å². The van der Waals surface area contributed by atoms with Crippen molar-refractivity contribution in [2.75, 3.05) is 26.2 Å². The number of benzene rings is 1. The van der Waals surface area contributed by atoms with Crippen molar-refractivity contribution in [3.63, 3.8) is 0 Å². The minimum absolute atomic E-state index is 0.112. The van der Waals surface area contributed by atoms with E-state index in [2.05, 4.69) is 12.2 Å². The summed E-state index contributed by atoms with van der Waals surface area (Å²) in [5, 5.41) is 4.01. The molecule has 1 heterocycles. The molecule has 1 aliphatic heterocycles. The fourth-order valence-corrected chi connectivity index (χ4v) is 3.25. The van der Waals surface area contributed by atoms with Crippen LogP contribution in [0, 0.1) is 12.8 Å². The van der Waals surface area contributed by atoms with E-state index in [0.29, 0.717) is 16.5 Å². The third kappa shape index (κ3) is 4.72. The molecule has 0 aromatic heterocycles. The molecule has 0 aliphatic carbocycles. The molecule has 1 aromatic rings. The number of carbonyl (C=O) groups is 1. The molecule has 21 heavy (non-hydrogen) atoms. The van der Waals surface area contributed by atoms with Crippen molar-refractivity contribution >= 4 is 17.5 Å². The number of halogens is 1. The smallest absolute Gasteiger partial charge is 0.253 e. The van der Waals surface area contributed by atoms with Gasteiger partial charge in [-0.15, -0.1) is 0 Å². The number of rotatable bonds is 5. The highest BCUT2D eigenvalue weighted by molar-refractivity contribution is 6.31. The van der Waals surface area contributed by atoms with Gasteiger partial charge in [-0.25, -0.2) is 0 Å². The summed E-state index contributed by atoms with van der Waals surface area (Å²) < 4.78 is 0. The Kier molecular flexibility index (Phi) is 6.07. The molecule has 1 aliphatic rings. The number of nitrogens with zero attached hydrogens (tertiary/aromatic N) is 1. The summed E-state index contributed by atoms with van der Waals surface area (Å²) in [5.41, 5.74) is 1.74. The van der Waals surface area contributed by atoms with Crippen LogP contribution < -0.4 is 5.32 Å². The van der Waals surface area contributed by atoms with Crippen molar-refractivity contribution in [1.82, 2.24) is 10.2 Å². The van der Waals surface area contributed by atoms with Gasteiger partial charge < -0.3 is 10.2 Å². The summed E-state index contributed by atoms with van der Waals surface area (Å²) in [6, 6.07) is 5.59. The summed E-state index contributed by atoms with van der Waals surface area (Å²) in [4.78, 5) is 14.8. The number of nitrogens with one attached hydrogen (secondary N) is 1. The minimum atomic E-state index is 0.112. The molecule has 0 radical (unpaired) electrons. The maximum absolute atomic E-state index is 12.8. The molecular formula is C17H25ClN2O. The maximum Gasteiger partial charge on any atom is 0.253 e. The molecule has 0 spiro atoms. The van der Waals surface area contributed by atoms with Crippen LogP contribution in [0.3, 0.4) is 0 Å². The molecule has 1 N–H and O–H groups in total. The number of amides is 1. The summed E-state index contributed by atoms with van der Waals surface area (Å²) in [5.74, 6) is 0.725. The Labute approximate surface area is 132 Å². The highest BCUT2D eigenvalue weighted by Gasteiger charge is 2.21. The fourth-order valence-electron chi connectivity index (χ4n) is 2.96. The first-order chi connectivity index (χ1) is 10.1. The Morgan fingerprint density at radius 1 is 1.33 bits per heavy atom. The molecule has 1 saturated heterocycles. The molecule has 0 unspecified atom stereocenters. The first-order valence-corrected chi connectivity index (χ1v) is 8.25. The lowest BCUT2D eigenvalue weighted by atomic mass is 9.97. The Morgan fingerprint density at radius 2 is 2.05 bits per heavy atom. The van der Waals surface area contributed by atoms with Crippen molar-refractivity contribution in [2.45, 2.75) is 33.1 Å². The summed E-state index contributed by atoms with van der Waals surface area (Å²) >= 11 is 6.09. The average molecular weight is 309 g/mol. The quantitative estimate of drug-likeness (QED) is 0.903. The lowest BCUT2D eigenvalue weighted by molar-refractivity contribution is 0.0716. The van der Waals surface area contributed by atoms with Crippen molar-refractivity contribution in [3.05, 3.63) is 34.3 Å². The van der Waals surface area contributed by atoms with E-state index in [1.165, 1.54) is 0 Å². The van der Waals surface area contributed by atoms with Gasteiger partial charge >= 0.3 is 0 Å². The lowest BCUT2D eigenvalue weighted by Crippen LogP contribution is -2.39. The molecule has 1 amide bonds. The Bertz CT molecular complexity index is 463. The minimum Gasteiger partial charge on any atom is -0.338 e. The van der Waals surface area contributed by atoms with Crippen LogP contribution in [-0.4, -0.2) is 37.0 Å². The zero-order valence-electron chi connectivity index (χ0n) is 13.0. The van der Waals surface area contributed by atoms with E-state index in [9.17, 15) is 4.79 Å². The van der Waals surface area contributed by atoms with Crippen molar-refractivity contribution in [1.29, 1.82) is 0 Å². The van der Waals surface area contributed by atoms with E-state index in [1.807, 2.05) is 24.0 Å². The first-order valence-electron chi connectivity index (χ1n) is 7.87. The standard InChI is InChI=1S/C17H25ClN2O/c1-3-8-20(12-14-4-6-19-7-5-14)17(21)15-9-13(2)10-16(18)11-15/h9-11,14,19H,3-8,12H2,1-2H3. The van der Waals surface area contributed by atoms with E-state index in [4.69, 9.17) is 11.6 Å². The van der Waals surface area contributed by atoms with Crippen molar-refractivity contribution in [3.8, 4) is 0 Å². The molecule has 0 saturated carbocycles. The van der Waals surface area contributed by atoms with Crippen LogP contribution in [0.2, 0.25) is 5.02 Å². The molecule has 4 heteroatoms. The van der Waals surface area contributed by atoms with Gasteiger partial charge in [0.25, 0.3) is 5.91 Å². The second-order valence-corrected chi connectivity index (χ2v) is 6.40. The van der Waals surface area contributed by atoms with Gasteiger partial charge in [0.1, 0.15) is 0 Å². The lowest BCUT2D eigenvalue weighted by Gasteiger charge is -2.30. The molecule has 0 bridgehead atoms. The highest BCUT2D eigenvalue weighted by atomic mass is 35.5. The Hall–Kier alpha value is -1.06. The van der Waals surface area contributed by atoms with Crippen LogP contribution in [0.4, 0.5) is 0 Å². The van der Waals surface area contributed by atoms with Crippen molar-refractivity contribution < 1.29 is 4.79 Å². The van der Waals surface area contributed by atoms with Gasteiger partial charge in [0.05, 0.1) is 0 Å². The average Bonchev–Trinajstić information content (AvgIpc) is 2.46. The molecule has 3 nitrogen and oxygen atoms in total. The molecule has 116 valence electrons. The second-order valence-electron chi connectivity index (χ2n) is 5.96. The number of carbonyl (C=O) groups excluding carboxylic acids is 1. The van der Waals surface area contributed by atoms with Gasteiger partial charge in [0, 0.05) is 23.7 Å². The largest absolute Gasteiger partial charge is 0.338 e. The van der Waals surface area contributed by atoms with Gasteiger partial charge in [-0.3, -0.25) is 4.79 Å². The zero-order valence-corrected chi connectivity index (χ0v) is 13.7. The van der Waals surface area contributed by atoms with Gasteiger partial charge in [0.2, 0.25) is 0 Å². The number of hydrogen-bond donors (Lipinski definition) is 1. The van der Waals surface area contributed by atoms with Crippen LogP contribution in [0.15, 0.2) is 18.2 Å². The third-order valence-corrected chi connectivity index (χ3v) is 4.23. The van der Waals surface area contributed by atoms with Crippen LogP contribution in [0.5, 0.6) is 0 Å². The van der Waals surface area contributed by atoms with Gasteiger partial charge in [-0.1, -0.05) is 18.5 Å². The van der Waals surface area contributed by atoms with E-state index < -0.39 is 0 Å². The van der Waals surface area contributed by atoms with E-state index in [-0.39, 0.29) is 5.91 Å². The van der Waals surface area contributed by atoms with Crippen LogP contribution >= 0.6 is 11.6 Å². The predicted molar refractivity (Wildman–Crippen MR) is 88.0 cm³/mol. The predicted octanol–water partition coefficient (Wildman–Crippen LogP) is 3.50. The topological polar surface area (TPSA) is 32.3 Å². The molecule has 0 atom stereocenters. The molecule has 1 fully saturated rings. The Morgan fingerprint density at radius 3 is 2.67 bits per heavy atom. The van der Waals surface area contributed by atoms with Crippen LogP contribution in [-0.2, 0) is 0 Å². The van der Waals surface area contributed by atoms with Gasteiger partial charge in [-0.2, -0.15) is 0 Å². The zero-order chi connectivity index (χ0) is 15.2. The SMILES string of the molecule is CCCN(CC1CCNCC1)C(=O)c1cc(C)cc(Cl)c1. The summed E-state index contributed by atoms with van der Waals surface area (Å²) in [6.07, 6.45) is 3.29. The number of piperidine rings is 1. The van der Waals surface area contributed by atoms with E-state index >= 15 is 0 Å². The highest BCUT2D eigenvalue weighted by Crippen LogP contribution is 2.19. The monoisotopic (exact) mass is 308 g/mol. The third-order valence-electron chi connectivity index (χ3n) is 4.01. The van der Waals surface area contributed by atoms with Crippen molar-refractivity contribution in [2.24, 2.45) is 5.92 Å². The Balaban J connectivity index is 2.10. The molecule has 2 rings (SSSR count). The second kappa shape index (κ2) is 7.81. The fraction of sp³-hybridized carbons (Fsp3) is 0.588. The van der Waals surface area contributed by atoms with Crippen LogP contribution in [0.25, 0.3) is 0 Å². The van der Waals surface area contributed by atoms with Gasteiger partial charge in [-0.05, 0) is 69.0 Å². The summed E-state index contributed by atoms with van der Waals surface area (Å²) in [7, 11) is 0. The van der Waals surface area contributed by atoms with E-state index in [1.54, 1.807) is 6.07 Å². The summed E-state index contributed by atoms with van der Waals surface area (Å²) in [6.45, 7) is 7.89. The molecule has 1 aromatic carbocycles. The number of aryl methyl sites for hydroxylation is 1. The molecular weight excluding hydrogens is 284 g/mol. The maximum atomic E-state index is 12.8. The van der Waals surface area contributed by atoms with E-state index in [0.717, 1.165) is 51.0 Å². The first kappa shape index (κ1) is 16.3. The number of hydrogen-bond acceptors (Lipinski definition) is 2. The normalized spacial score (nSPS) is 16.0.